The molecule has 0 aliphatic carbocycles. The standard InChI is InChI=1S/C20H33NO4/c1-8-14(13-20(6,7)24)15(9-2)17(22)16-11-10-12-21(16)18(23)25-19(3,4)5/h8-9,16-17,22,24H,1-2,10-13H2,3-7H3/b15-14-. The number of carbonyl (C=O) groups excluding carboxylic acids is 1. The Balaban J connectivity index is 3.08. The second-order valence-electron chi connectivity index (χ2n) is 8.21. The Labute approximate surface area is 151 Å². The van der Waals surface area contributed by atoms with E-state index in [0.29, 0.717) is 25.0 Å². The van der Waals surface area contributed by atoms with Gasteiger partial charge in [0.1, 0.15) is 5.60 Å². The Morgan fingerprint density at radius 3 is 2.32 bits per heavy atom. The SMILES string of the molecule is C=C/C(CC(C)(C)O)=C(\C=C)C(O)C1CCCN1C(=O)OC(C)(C)C. The summed E-state index contributed by atoms with van der Waals surface area (Å²) in [4.78, 5) is 14.0. The second-order valence-corrected chi connectivity index (χ2v) is 8.21. The molecule has 1 rings (SSSR count). The number of carbonyl (C=O) groups is 1. The molecule has 2 atom stereocenters. The lowest BCUT2D eigenvalue weighted by Crippen LogP contribution is -2.45. The van der Waals surface area contributed by atoms with E-state index in [2.05, 4.69) is 13.2 Å². The van der Waals surface area contributed by atoms with Gasteiger partial charge in [-0.3, -0.25) is 0 Å². The van der Waals surface area contributed by atoms with E-state index in [0.717, 1.165) is 12.0 Å². The molecule has 1 fully saturated rings. The summed E-state index contributed by atoms with van der Waals surface area (Å²) in [5.41, 5.74) is -0.194. The van der Waals surface area contributed by atoms with Crippen LogP contribution in [0.3, 0.4) is 0 Å². The molecule has 0 bridgehead atoms. The van der Waals surface area contributed by atoms with Crippen LogP contribution in [0, 0.1) is 0 Å². The van der Waals surface area contributed by atoms with Gasteiger partial charge < -0.3 is 19.8 Å². The molecule has 0 radical (unpaired) electrons. The molecule has 25 heavy (non-hydrogen) atoms. The monoisotopic (exact) mass is 351 g/mol. The molecule has 1 aliphatic rings. The van der Waals surface area contributed by atoms with E-state index in [9.17, 15) is 15.0 Å². The van der Waals surface area contributed by atoms with Gasteiger partial charge in [0.05, 0.1) is 17.7 Å². The largest absolute Gasteiger partial charge is 0.444 e. The maximum atomic E-state index is 12.4. The number of rotatable bonds is 6. The summed E-state index contributed by atoms with van der Waals surface area (Å²) in [6.07, 6.45) is 3.73. The van der Waals surface area contributed by atoms with Crippen molar-refractivity contribution < 1.29 is 19.7 Å². The summed E-state index contributed by atoms with van der Waals surface area (Å²) in [6.45, 7) is 17.0. The zero-order valence-corrected chi connectivity index (χ0v) is 16.2. The van der Waals surface area contributed by atoms with Crippen LogP contribution in [0.5, 0.6) is 0 Å². The van der Waals surface area contributed by atoms with E-state index in [1.807, 2.05) is 20.8 Å². The van der Waals surface area contributed by atoms with Crippen LogP contribution >= 0.6 is 0 Å². The number of amides is 1. The summed E-state index contributed by atoms with van der Waals surface area (Å²) >= 11 is 0. The number of nitrogens with zero attached hydrogens (tertiary/aromatic N) is 1. The van der Waals surface area contributed by atoms with Gasteiger partial charge in [0.15, 0.2) is 0 Å². The number of aliphatic hydroxyl groups is 2. The minimum Gasteiger partial charge on any atom is -0.444 e. The molecule has 1 saturated heterocycles. The molecule has 142 valence electrons. The molecule has 0 aromatic rings. The fraction of sp³-hybridized carbons (Fsp3) is 0.650. The van der Waals surface area contributed by atoms with Gasteiger partial charge >= 0.3 is 6.09 Å². The van der Waals surface area contributed by atoms with E-state index >= 15 is 0 Å². The first-order valence-corrected chi connectivity index (χ1v) is 8.77. The van der Waals surface area contributed by atoms with E-state index in [-0.39, 0.29) is 6.04 Å². The third kappa shape index (κ3) is 6.33. The number of ether oxygens (including phenoxy) is 1. The molecule has 5 heteroatoms. The molecular weight excluding hydrogens is 318 g/mol. The van der Waals surface area contributed by atoms with Crippen LogP contribution in [-0.2, 0) is 4.74 Å². The zero-order valence-electron chi connectivity index (χ0n) is 16.2. The van der Waals surface area contributed by atoms with Crippen LogP contribution in [-0.4, -0.2) is 51.1 Å². The Hall–Kier alpha value is -1.59. The van der Waals surface area contributed by atoms with E-state index < -0.39 is 23.4 Å². The Morgan fingerprint density at radius 1 is 1.28 bits per heavy atom. The van der Waals surface area contributed by atoms with Gasteiger partial charge in [-0.1, -0.05) is 25.3 Å². The first-order chi connectivity index (χ1) is 11.4. The number of aliphatic hydroxyl groups excluding tert-OH is 1. The molecule has 2 unspecified atom stereocenters. The maximum Gasteiger partial charge on any atom is 0.410 e. The van der Waals surface area contributed by atoms with Crippen molar-refractivity contribution in [1.82, 2.24) is 4.90 Å². The molecule has 0 spiro atoms. The third-order valence-electron chi connectivity index (χ3n) is 4.07. The van der Waals surface area contributed by atoms with Gasteiger partial charge in [-0.25, -0.2) is 4.79 Å². The zero-order chi connectivity index (χ0) is 19.4. The van der Waals surface area contributed by atoms with Crippen molar-refractivity contribution >= 4 is 6.09 Å². The highest BCUT2D eigenvalue weighted by Gasteiger charge is 2.38. The molecular formula is C20H33NO4. The molecule has 0 aromatic carbocycles. The second kappa shape index (κ2) is 8.19. The first kappa shape index (κ1) is 21.5. The minimum absolute atomic E-state index is 0.341. The Kier molecular flexibility index (Phi) is 7.03. The molecule has 0 aromatic heterocycles. The molecule has 5 nitrogen and oxygen atoms in total. The van der Waals surface area contributed by atoms with Crippen molar-refractivity contribution in [3.05, 3.63) is 36.5 Å². The quantitative estimate of drug-likeness (QED) is 0.718. The predicted molar refractivity (Wildman–Crippen MR) is 100 cm³/mol. The number of hydrogen-bond donors (Lipinski definition) is 2. The molecule has 1 aliphatic heterocycles. The molecule has 2 N–H and O–H groups in total. The van der Waals surface area contributed by atoms with E-state index in [1.54, 1.807) is 30.9 Å². The average molecular weight is 351 g/mol. The summed E-state index contributed by atoms with van der Waals surface area (Å²) in [6, 6.07) is -0.375. The van der Waals surface area contributed by atoms with Crippen molar-refractivity contribution in [3.8, 4) is 0 Å². The smallest absolute Gasteiger partial charge is 0.410 e. The third-order valence-corrected chi connectivity index (χ3v) is 4.07. The normalized spacial score (nSPS) is 20.8. The van der Waals surface area contributed by atoms with Gasteiger partial charge in [-0.05, 0) is 58.6 Å². The van der Waals surface area contributed by atoms with Crippen molar-refractivity contribution in [2.24, 2.45) is 0 Å². The lowest BCUT2D eigenvalue weighted by molar-refractivity contribution is 0.0103. The highest BCUT2D eigenvalue weighted by Crippen LogP contribution is 2.30. The topological polar surface area (TPSA) is 70.0 Å². The Bertz CT molecular complexity index is 537. The summed E-state index contributed by atoms with van der Waals surface area (Å²) < 4.78 is 5.46. The lowest BCUT2D eigenvalue weighted by atomic mass is 9.89. The molecule has 1 amide bonds. The van der Waals surface area contributed by atoms with Gasteiger partial charge in [0.2, 0.25) is 0 Å². The van der Waals surface area contributed by atoms with Crippen molar-refractivity contribution in [2.75, 3.05) is 6.54 Å². The minimum atomic E-state index is -0.933. The van der Waals surface area contributed by atoms with Crippen molar-refractivity contribution in [1.29, 1.82) is 0 Å². The summed E-state index contributed by atoms with van der Waals surface area (Å²) in [7, 11) is 0. The van der Waals surface area contributed by atoms with Crippen LogP contribution in [0.25, 0.3) is 0 Å². The van der Waals surface area contributed by atoms with Crippen LogP contribution in [0.4, 0.5) is 4.79 Å². The van der Waals surface area contributed by atoms with Crippen LogP contribution < -0.4 is 0 Å². The van der Waals surface area contributed by atoms with Gasteiger partial charge in [-0.15, -0.1) is 0 Å². The number of likely N-dealkylation sites (tertiary alicyclic amines) is 1. The number of hydrogen-bond acceptors (Lipinski definition) is 4. The van der Waals surface area contributed by atoms with Crippen molar-refractivity contribution in [3.63, 3.8) is 0 Å². The molecule has 1 heterocycles. The predicted octanol–water partition coefficient (Wildman–Crippen LogP) is 3.58. The summed E-state index contributed by atoms with van der Waals surface area (Å²) in [5.74, 6) is 0. The maximum absolute atomic E-state index is 12.4. The Morgan fingerprint density at radius 2 is 1.88 bits per heavy atom. The molecule has 0 saturated carbocycles. The van der Waals surface area contributed by atoms with Crippen LogP contribution in [0.1, 0.15) is 53.9 Å². The highest BCUT2D eigenvalue weighted by atomic mass is 16.6. The van der Waals surface area contributed by atoms with Crippen LogP contribution in [0.2, 0.25) is 0 Å². The number of allylic oxidation sites excluding steroid dienone is 1. The fourth-order valence-electron chi connectivity index (χ4n) is 3.08. The van der Waals surface area contributed by atoms with Gasteiger partial charge in [0, 0.05) is 13.0 Å². The average Bonchev–Trinajstić information content (AvgIpc) is 2.93. The van der Waals surface area contributed by atoms with Gasteiger partial charge in [0.25, 0.3) is 0 Å². The summed E-state index contributed by atoms with van der Waals surface area (Å²) in [5, 5.41) is 21.0. The van der Waals surface area contributed by atoms with E-state index in [4.69, 9.17) is 4.74 Å². The van der Waals surface area contributed by atoms with Crippen LogP contribution in [0.15, 0.2) is 36.5 Å². The van der Waals surface area contributed by atoms with Crippen molar-refractivity contribution in [2.45, 2.75) is 77.2 Å². The van der Waals surface area contributed by atoms with Gasteiger partial charge in [-0.2, -0.15) is 0 Å². The first-order valence-electron chi connectivity index (χ1n) is 8.77. The highest BCUT2D eigenvalue weighted by molar-refractivity contribution is 5.69. The lowest BCUT2D eigenvalue weighted by Gasteiger charge is -2.32. The fourth-order valence-corrected chi connectivity index (χ4v) is 3.08. The van der Waals surface area contributed by atoms with E-state index in [1.165, 1.54) is 0 Å².